The molecule has 3 rings (SSSR count). The van der Waals surface area contributed by atoms with Gasteiger partial charge in [-0.2, -0.15) is 0 Å². The SMILES string of the molecule is CC[C@@H]1COC([C@H](C)NP(=O)(O)CO[C@H](C)Cn2cnc3c(N)ncnc32)O1. The highest BCUT2D eigenvalue weighted by Crippen LogP contribution is 2.37. The average Bonchev–Trinajstić information content (AvgIpc) is 3.28. The molecule has 11 nitrogen and oxygen atoms in total. The van der Waals surface area contributed by atoms with Crippen molar-refractivity contribution in [2.45, 2.75) is 58.3 Å². The first-order chi connectivity index (χ1) is 13.3. The van der Waals surface area contributed by atoms with Crippen LogP contribution in [0.25, 0.3) is 11.2 Å². The number of imidazole rings is 1. The van der Waals surface area contributed by atoms with Crippen molar-refractivity contribution in [1.82, 2.24) is 24.6 Å². The zero-order chi connectivity index (χ0) is 20.3. The fourth-order valence-corrected chi connectivity index (χ4v) is 4.24. The molecule has 3 heterocycles. The van der Waals surface area contributed by atoms with Gasteiger partial charge in [0.15, 0.2) is 17.8 Å². The van der Waals surface area contributed by atoms with Crippen molar-refractivity contribution >= 4 is 24.5 Å². The Labute approximate surface area is 163 Å². The lowest BCUT2D eigenvalue weighted by Crippen LogP contribution is -2.37. The minimum absolute atomic E-state index is 0.0199. The van der Waals surface area contributed by atoms with Crippen LogP contribution in [0.15, 0.2) is 12.7 Å². The molecule has 0 aromatic carbocycles. The smallest absolute Gasteiger partial charge is 0.292 e. The Bertz CT molecular complexity index is 848. The van der Waals surface area contributed by atoms with Crippen LogP contribution in [0.2, 0.25) is 0 Å². The van der Waals surface area contributed by atoms with Gasteiger partial charge in [0, 0.05) is 0 Å². The monoisotopic (exact) mass is 414 g/mol. The molecule has 2 unspecified atom stereocenters. The Balaban J connectivity index is 1.50. The third-order valence-corrected chi connectivity index (χ3v) is 5.77. The standard InChI is InChI=1S/C16H27N6O5P/c1-4-12-6-25-16(27-12)11(3)21-28(23,24)9-26-10(2)5-22-8-20-13-14(17)18-7-19-15(13)22/h7-8,10-12,16H,4-6,9H2,1-3H3,(H2,17,18,19)(H2,21,23,24)/t10-,11+,12-,16?/m1/s1. The van der Waals surface area contributed by atoms with E-state index in [9.17, 15) is 9.46 Å². The van der Waals surface area contributed by atoms with Crippen molar-refractivity contribution in [1.29, 1.82) is 0 Å². The van der Waals surface area contributed by atoms with E-state index in [1.54, 1.807) is 24.7 Å². The van der Waals surface area contributed by atoms with E-state index < -0.39 is 19.9 Å². The van der Waals surface area contributed by atoms with Gasteiger partial charge in [0.05, 0.1) is 37.7 Å². The van der Waals surface area contributed by atoms with Gasteiger partial charge in [-0.25, -0.2) is 20.0 Å². The number of hydrogen-bond donors (Lipinski definition) is 3. The number of fused-ring (bicyclic) bond motifs is 1. The summed E-state index contributed by atoms with van der Waals surface area (Å²) >= 11 is 0. The van der Waals surface area contributed by atoms with E-state index in [1.807, 2.05) is 6.92 Å². The van der Waals surface area contributed by atoms with Gasteiger partial charge in [-0.1, -0.05) is 6.92 Å². The number of ether oxygens (including phenoxy) is 3. The Kier molecular flexibility index (Phi) is 6.64. The third-order valence-electron chi connectivity index (χ3n) is 4.46. The molecular weight excluding hydrogens is 387 g/mol. The quantitative estimate of drug-likeness (QED) is 0.509. The molecule has 0 amide bonds. The van der Waals surface area contributed by atoms with Crippen molar-refractivity contribution < 1.29 is 23.7 Å². The van der Waals surface area contributed by atoms with Crippen molar-refractivity contribution in [2.24, 2.45) is 0 Å². The lowest BCUT2D eigenvalue weighted by molar-refractivity contribution is -0.0739. The summed E-state index contributed by atoms with van der Waals surface area (Å²) < 4.78 is 31.0. The lowest BCUT2D eigenvalue weighted by atomic mass is 10.3. The molecule has 28 heavy (non-hydrogen) atoms. The Morgan fingerprint density at radius 3 is 2.96 bits per heavy atom. The van der Waals surface area contributed by atoms with Crippen LogP contribution in [-0.2, 0) is 25.3 Å². The average molecular weight is 414 g/mol. The molecule has 0 spiro atoms. The number of anilines is 1. The van der Waals surface area contributed by atoms with Gasteiger partial charge in [0.2, 0.25) is 0 Å². The van der Waals surface area contributed by atoms with Crippen LogP contribution in [0, 0.1) is 0 Å². The second-order valence-electron chi connectivity index (χ2n) is 6.92. The van der Waals surface area contributed by atoms with Crippen LogP contribution in [0.3, 0.4) is 0 Å². The molecule has 1 fully saturated rings. The van der Waals surface area contributed by atoms with Gasteiger partial charge in [-0.3, -0.25) is 4.57 Å². The van der Waals surface area contributed by atoms with E-state index in [1.165, 1.54) is 6.33 Å². The third kappa shape index (κ3) is 5.05. The fraction of sp³-hybridized carbons (Fsp3) is 0.688. The first kappa shape index (κ1) is 21.1. The molecule has 0 saturated carbocycles. The van der Waals surface area contributed by atoms with Crippen LogP contribution in [0.4, 0.5) is 5.82 Å². The van der Waals surface area contributed by atoms with Crippen LogP contribution in [0.1, 0.15) is 27.2 Å². The maximum absolute atomic E-state index is 12.4. The Hall–Kier alpha value is -1.62. The normalized spacial score (nSPS) is 24.3. The largest absolute Gasteiger partial charge is 0.382 e. The van der Waals surface area contributed by atoms with Gasteiger partial charge in [0.25, 0.3) is 7.52 Å². The fourth-order valence-electron chi connectivity index (χ4n) is 2.95. The number of rotatable bonds is 9. The number of nitrogen functional groups attached to an aromatic ring is 1. The van der Waals surface area contributed by atoms with E-state index in [0.29, 0.717) is 30.1 Å². The van der Waals surface area contributed by atoms with E-state index in [0.717, 1.165) is 6.42 Å². The molecule has 12 heteroatoms. The molecule has 0 aliphatic carbocycles. The maximum Gasteiger partial charge on any atom is 0.292 e. The Morgan fingerprint density at radius 1 is 1.46 bits per heavy atom. The van der Waals surface area contributed by atoms with Crippen molar-refractivity contribution in [3.63, 3.8) is 0 Å². The second kappa shape index (κ2) is 8.81. The highest BCUT2D eigenvalue weighted by atomic mass is 31.2. The summed E-state index contributed by atoms with van der Waals surface area (Å²) in [6.07, 6.45) is 2.57. The molecule has 1 aliphatic heterocycles. The summed E-state index contributed by atoms with van der Waals surface area (Å²) in [6, 6.07) is -0.441. The van der Waals surface area contributed by atoms with Crippen LogP contribution < -0.4 is 10.8 Å². The minimum Gasteiger partial charge on any atom is -0.382 e. The van der Waals surface area contributed by atoms with E-state index in [-0.39, 0.29) is 18.6 Å². The van der Waals surface area contributed by atoms with E-state index >= 15 is 0 Å². The molecule has 0 bridgehead atoms. The van der Waals surface area contributed by atoms with Crippen molar-refractivity contribution in [2.75, 3.05) is 18.7 Å². The first-order valence-electron chi connectivity index (χ1n) is 9.18. The summed E-state index contributed by atoms with van der Waals surface area (Å²) in [5, 5.41) is 2.67. The molecule has 4 N–H and O–H groups in total. The van der Waals surface area contributed by atoms with E-state index in [2.05, 4.69) is 20.0 Å². The molecule has 0 radical (unpaired) electrons. The molecule has 156 valence electrons. The summed E-state index contributed by atoms with van der Waals surface area (Å²) in [5.41, 5.74) is 6.87. The minimum atomic E-state index is -3.73. The Morgan fingerprint density at radius 2 is 2.25 bits per heavy atom. The summed E-state index contributed by atoms with van der Waals surface area (Å²) in [5.74, 6) is 0.303. The summed E-state index contributed by atoms with van der Waals surface area (Å²) in [7, 11) is -3.73. The zero-order valence-corrected chi connectivity index (χ0v) is 17.1. The number of nitrogens with two attached hydrogens (primary N) is 1. The zero-order valence-electron chi connectivity index (χ0n) is 16.2. The molecular formula is C16H27N6O5P. The number of hydrogen-bond acceptors (Lipinski definition) is 8. The van der Waals surface area contributed by atoms with Gasteiger partial charge in [-0.15, -0.1) is 0 Å². The molecule has 5 atom stereocenters. The molecule has 2 aromatic rings. The molecule has 2 aromatic heterocycles. The maximum atomic E-state index is 12.4. The van der Waals surface area contributed by atoms with Crippen LogP contribution >= 0.6 is 7.52 Å². The van der Waals surface area contributed by atoms with Gasteiger partial charge in [0.1, 0.15) is 18.2 Å². The number of nitrogens with one attached hydrogen (secondary N) is 1. The first-order valence-corrected chi connectivity index (χ1v) is 11.0. The van der Waals surface area contributed by atoms with Gasteiger partial charge < -0.3 is 29.4 Å². The lowest BCUT2D eigenvalue weighted by Gasteiger charge is -2.24. The summed E-state index contributed by atoms with van der Waals surface area (Å²) in [4.78, 5) is 22.5. The van der Waals surface area contributed by atoms with Gasteiger partial charge in [-0.05, 0) is 20.3 Å². The number of aromatic nitrogens is 4. The van der Waals surface area contributed by atoms with Crippen molar-refractivity contribution in [3.8, 4) is 0 Å². The predicted molar refractivity (Wildman–Crippen MR) is 102 cm³/mol. The molecule has 1 aliphatic rings. The van der Waals surface area contributed by atoms with Crippen LogP contribution in [0.5, 0.6) is 0 Å². The van der Waals surface area contributed by atoms with E-state index in [4.69, 9.17) is 19.9 Å². The van der Waals surface area contributed by atoms with Gasteiger partial charge >= 0.3 is 0 Å². The van der Waals surface area contributed by atoms with Crippen molar-refractivity contribution in [3.05, 3.63) is 12.7 Å². The number of nitrogens with zero attached hydrogens (tertiary/aromatic N) is 4. The highest BCUT2D eigenvalue weighted by Gasteiger charge is 2.33. The molecule has 1 saturated heterocycles. The summed E-state index contributed by atoms with van der Waals surface area (Å²) in [6.45, 7) is 6.44. The van der Waals surface area contributed by atoms with Crippen LogP contribution in [-0.4, -0.2) is 61.9 Å². The topological polar surface area (TPSA) is 147 Å². The predicted octanol–water partition coefficient (Wildman–Crippen LogP) is 1.09. The second-order valence-corrected chi connectivity index (χ2v) is 8.84. The highest BCUT2D eigenvalue weighted by molar-refractivity contribution is 7.55.